The van der Waals surface area contributed by atoms with Crippen molar-refractivity contribution >= 4 is 11.9 Å². The molecule has 0 bridgehead atoms. The molecule has 1 N–H and O–H groups in total. The van der Waals surface area contributed by atoms with E-state index in [4.69, 9.17) is 0 Å². The molecule has 1 unspecified atom stereocenters. The van der Waals surface area contributed by atoms with Crippen LogP contribution in [0.2, 0.25) is 0 Å². The van der Waals surface area contributed by atoms with Crippen LogP contribution in [0, 0.1) is 5.92 Å². The van der Waals surface area contributed by atoms with Gasteiger partial charge in [0, 0.05) is 13.1 Å². The van der Waals surface area contributed by atoms with E-state index in [0.717, 1.165) is 37.9 Å². The van der Waals surface area contributed by atoms with Crippen molar-refractivity contribution in [3.8, 4) is 0 Å². The lowest BCUT2D eigenvalue weighted by molar-refractivity contribution is -0.134. The highest BCUT2D eigenvalue weighted by molar-refractivity contribution is 6.07. The van der Waals surface area contributed by atoms with Gasteiger partial charge in [0.25, 0.3) is 5.91 Å². The predicted octanol–water partition coefficient (Wildman–Crippen LogP) is 2.86. The minimum atomic E-state index is -0.883. The van der Waals surface area contributed by atoms with Crippen LogP contribution in [-0.2, 0) is 23.3 Å². The topological polar surface area (TPSA) is 52.7 Å². The summed E-state index contributed by atoms with van der Waals surface area (Å²) in [6.07, 6.45) is 2.91. The Morgan fingerprint density at radius 2 is 1.67 bits per heavy atom. The van der Waals surface area contributed by atoms with Crippen molar-refractivity contribution in [3.63, 3.8) is 0 Å². The molecule has 2 fully saturated rings. The minimum absolute atomic E-state index is 0.0972. The fourth-order valence-electron chi connectivity index (χ4n) is 4.52. The maximum Gasteiger partial charge on any atom is 0.326 e. The molecule has 0 spiro atoms. The van der Waals surface area contributed by atoms with Crippen molar-refractivity contribution in [1.29, 1.82) is 0 Å². The van der Waals surface area contributed by atoms with Gasteiger partial charge in [0.15, 0.2) is 0 Å². The van der Waals surface area contributed by atoms with Gasteiger partial charge in [-0.3, -0.25) is 9.69 Å². The summed E-state index contributed by atoms with van der Waals surface area (Å²) in [4.78, 5) is 29.9. The molecule has 0 aromatic heterocycles. The zero-order valence-electron chi connectivity index (χ0n) is 15.2. The highest BCUT2D eigenvalue weighted by Gasteiger charge is 2.60. The van der Waals surface area contributed by atoms with Crippen LogP contribution in [0.1, 0.15) is 29.5 Å². The molecule has 27 heavy (non-hydrogen) atoms. The first-order valence-corrected chi connectivity index (χ1v) is 9.67. The minimum Gasteiger partial charge on any atom is -0.319 e. The highest BCUT2D eigenvalue weighted by Crippen LogP contribution is 2.49. The molecule has 2 aliphatic heterocycles. The number of amides is 3. The Kier molecular flexibility index (Phi) is 3.79. The van der Waals surface area contributed by atoms with Gasteiger partial charge in [0.2, 0.25) is 0 Å². The standard InChI is InChI=1S/C22H23N3O2/c26-20-22(19-10-11-19,18-8-2-1-3-9-18)23-21(27)25(20)15-24-13-12-16-6-4-5-7-17(16)14-24/h1-9,19H,10-15H2,(H,23,27). The van der Waals surface area contributed by atoms with Crippen LogP contribution >= 0.6 is 0 Å². The smallest absolute Gasteiger partial charge is 0.319 e. The van der Waals surface area contributed by atoms with Crippen LogP contribution in [0.15, 0.2) is 54.6 Å². The monoisotopic (exact) mass is 361 g/mol. The number of carbonyl (C=O) groups is 2. The molecule has 2 aromatic rings. The van der Waals surface area contributed by atoms with E-state index < -0.39 is 5.54 Å². The molecule has 2 heterocycles. The van der Waals surface area contributed by atoms with Crippen LogP contribution in [0.5, 0.6) is 0 Å². The number of benzene rings is 2. The second-order valence-corrected chi connectivity index (χ2v) is 7.82. The van der Waals surface area contributed by atoms with Crippen LogP contribution in [0.25, 0.3) is 0 Å². The van der Waals surface area contributed by atoms with Gasteiger partial charge in [-0.2, -0.15) is 0 Å². The van der Waals surface area contributed by atoms with Crippen molar-refractivity contribution in [2.75, 3.05) is 13.2 Å². The second-order valence-electron chi connectivity index (χ2n) is 7.82. The Bertz CT molecular complexity index is 893. The lowest BCUT2D eigenvalue weighted by atomic mass is 9.85. The van der Waals surface area contributed by atoms with Crippen LogP contribution in [0.4, 0.5) is 4.79 Å². The summed E-state index contributed by atoms with van der Waals surface area (Å²) < 4.78 is 0. The van der Waals surface area contributed by atoms with Gasteiger partial charge in [-0.1, -0.05) is 54.6 Å². The van der Waals surface area contributed by atoms with Crippen LogP contribution in [-0.4, -0.2) is 35.0 Å². The fraction of sp³-hybridized carbons (Fsp3) is 0.364. The maximum atomic E-state index is 13.5. The Balaban J connectivity index is 1.40. The molecule has 5 heteroatoms. The number of nitrogens with zero attached hydrogens (tertiary/aromatic N) is 2. The average Bonchev–Trinajstić information content (AvgIpc) is 3.52. The number of hydrogen-bond donors (Lipinski definition) is 1. The quantitative estimate of drug-likeness (QED) is 0.852. The maximum absolute atomic E-state index is 13.5. The number of hydrogen-bond acceptors (Lipinski definition) is 3. The molecule has 5 nitrogen and oxygen atoms in total. The van der Waals surface area contributed by atoms with Crippen molar-refractivity contribution in [3.05, 3.63) is 71.3 Å². The summed E-state index contributed by atoms with van der Waals surface area (Å²) in [5, 5.41) is 3.06. The highest BCUT2D eigenvalue weighted by atomic mass is 16.2. The number of rotatable bonds is 4. The van der Waals surface area contributed by atoms with E-state index in [1.165, 1.54) is 16.0 Å². The Labute approximate surface area is 159 Å². The molecule has 0 radical (unpaired) electrons. The second kappa shape index (κ2) is 6.20. The van der Waals surface area contributed by atoms with E-state index in [-0.39, 0.29) is 17.9 Å². The molecule has 1 saturated carbocycles. The van der Waals surface area contributed by atoms with E-state index in [0.29, 0.717) is 6.67 Å². The number of urea groups is 1. The number of fused-ring (bicyclic) bond motifs is 1. The Morgan fingerprint density at radius 3 is 2.41 bits per heavy atom. The fourth-order valence-corrected chi connectivity index (χ4v) is 4.52. The normalized spacial score (nSPS) is 25.4. The third-order valence-electron chi connectivity index (χ3n) is 6.10. The van der Waals surface area contributed by atoms with E-state index in [2.05, 4.69) is 28.4 Å². The molecular weight excluding hydrogens is 338 g/mol. The number of nitrogens with one attached hydrogen (secondary N) is 1. The molecule has 3 aliphatic rings. The molecule has 5 rings (SSSR count). The van der Waals surface area contributed by atoms with E-state index in [1.807, 2.05) is 36.4 Å². The summed E-state index contributed by atoms with van der Waals surface area (Å²) in [5.74, 6) is 0.100. The van der Waals surface area contributed by atoms with E-state index >= 15 is 0 Å². The lowest BCUT2D eigenvalue weighted by Crippen LogP contribution is -2.47. The summed E-state index contributed by atoms with van der Waals surface area (Å²) in [7, 11) is 0. The number of imide groups is 1. The van der Waals surface area contributed by atoms with Crippen LogP contribution in [0.3, 0.4) is 0 Å². The summed E-state index contributed by atoms with van der Waals surface area (Å²) in [5.41, 5.74) is 2.67. The summed E-state index contributed by atoms with van der Waals surface area (Å²) in [6.45, 7) is 1.98. The molecule has 1 atom stereocenters. The van der Waals surface area contributed by atoms with Crippen molar-refractivity contribution in [2.24, 2.45) is 5.92 Å². The zero-order valence-corrected chi connectivity index (χ0v) is 15.2. The van der Waals surface area contributed by atoms with Crippen molar-refractivity contribution in [2.45, 2.75) is 31.3 Å². The third-order valence-corrected chi connectivity index (χ3v) is 6.10. The predicted molar refractivity (Wildman–Crippen MR) is 102 cm³/mol. The van der Waals surface area contributed by atoms with Crippen molar-refractivity contribution in [1.82, 2.24) is 15.1 Å². The van der Waals surface area contributed by atoms with Crippen molar-refractivity contribution < 1.29 is 9.59 Å². The molecule has 1 saturated heterocycles. The van der Waals surface area contributed by atoms with Gasteiger partial charge in [-0.05, 0) is 41.9 Å². The van der Waals surface area contributed by atoms with Gasteiger partial charge in [-0.15, -0.1) is 0 Å². The lowest BCUT2D eigenvalue weighted by Gasteiger charge is -2.32. The first kappa shape index (κ1) is 16.5. The zero-order chi connectivity index (χ0) is 18.4. The Morgan fingerprint density at radius 1 is 0.963 bits per heavy atom. The Hall–Kier alpha value is -2.66. The molecule has 2 aromatic carbocycles. The van der Waals surface area contributed by atoms with Crippen LogP contribution < -0.4 is 5.32 Å². The average molecular weight is 361 g/mol. The van der Waals surface area contributed by atoms with E-state index in [1.54, 1.807) is 0 Å². The first-order chi connectivity index (χ1) is 13.2. The third kappa shape index (κ3) is 2.65. The van der Waals surface area contributed by atoms with Gasteiger partial charge >= 0.3 is 6.03 Å². The summed E-state index contributed by atoms with van der Waals surface area (Å²) >= 11 is 0. The summed E-state index contributed by atoms with van der Waals surface area (Å²) in [6, 6.07) is 17.9. The van der Waals surface area contributed by atoms with Gasteiger partial charge in [-0.25, -0.2) is 9.69 Å². The number of carbonyl (C=O) groups excluding carboxylic acids is 2. The molecular formula is C22H23N3O2. The first-order valence-electron chi connectivity index (χ1n) is 9.67. The SMILES string of the molecule is O=C1NC(c2ccccc2)(C2CC2)C(=O)N1CN1CCc2ccccc2C1. The van der Waals surface area contributed by atoms with Gasteiger partial charge < -0.3 is 5.32 Å². The van der Waals surface area contributed by atoms with Gasteiger partial charge in [0.05, 0.1) is 6.67 Å². The molecule has 3 amide bonds. The van der Waals surface area contributed by atoms with Gasteiger partial charge in [0.1, 0.15) is 5.54 Å². The molecule has 1 aliphatic carbocycles. The largest absolute Gasteiger partial charge is 0.326 e. The van der Waals surface area contributed by atoms with E-state index in [9.17, 15) is 9.59 Å². The molecule has 138 valence electrons.